The predicted molar refractivity (Wildman–Crippen MR) is 79.6 cm³/mol. The van der Waals surface area contributed by atoms with Crippen molar-refractivity contribution in [3.8, 4) is 6.07 Å². The molecule has 0 radical (unpaired) electrons. The average molecular weight is 281 g/mol. The standard InChI is InChI=1S/C17H19N3O/c1-12-14(10-19-20(12)2)16(21)17(11-18)9-5-7-13-6-3-4-8-15(13)17/h3-4,6,8,10,16,21H,5,7,9H2,1-2H3. The van der Waals surface area contributed by atoms with Crippen molar-refractivity contribution in [3.63, 3.8) is 0 Å². The Hall–Kier alpha value is -2.12. The molecule has 1 aromatic carbocycles. The second-order valence-electron chi connectivity index (χ2n) is 5.81. The maximum Gasteiger partial charge on any atom is 0.113 e. The lowest BCUT2D eigenvalue weighted by Crippen LogP contribution is -2.36. The average Bonchev–Trinajstić information content (AvgIpc) is 2.85. The van der Waals surface area contributed by atoms with E-state index in [0.29, 0.717) is 6.42 Å². The highest BCUT2D eigenvalue weighted by molar-refractivity contribution is 5.45. The second-order valence-corrected chi connectivity index (χ2v) is 5.81. The van der Waals surface area contributed by atoms with Gasteiger partial charge in [-0.25, -0.2) is 0 Å². The number of benzene rings is 1. The quantitative estimate of drug-likeness (QED) is 0.920. The topological polar surface area (TPSA) is 61.8 Å². The lowest BCUT2D eigenvalue weighted by atomic mass is 9.66. The summed E-state index contributed by atoms with van der Waals surface area (Å²) in [4.78, 5) is 0. The highest BCUT2D eigenvalue weighted by Crippen LogP contribution is 2.46. The van der Waals surface area contributed by atoms with Gasteiger partial charge in [-0.2, -0.15) is 10.4 Å². The van der Waals surface area contributed by atoms with Crippen LogP contribution in [-0.2, 0) is 18.9 Å². The van der Waals surface area contributed by atoms with Crippen molar-refractivity contribution in [1.29, 1.82) is 5.26 Å². The van der Waals surface area contributed by atoms with E-state index in [1.165, 1.54) is 5.56 Å². The van der Waals surface area contributed by atoms with E-state index in [1.807, 2.05) is 32.2 Å². The maximum atomic E-state index is 11.0. The first kappa shape index (κ1) is 13.8. The van der Waals surface area contributed by atoms with E-state index in [1.54, 1.807) is 10.9 Å². The molecule has 108 valence electrons. The number of hydrogen-bond donors (Lipinski definition) is 1. The van der Waals surface area contributed by atoms with Crippen molar-refractivity contribution in [1.82, 2.24) is 9.78 Å². The molecule has 0 fully saturated rings. The van der Waals surface area contributed by atoms with E-state index < -0.39 is 11.5 Å². The largest absolute Gasteiger partial charge is 0.386 e. The molecule has 0 bridgehead atoms. The third-order valence-corrected chi connectivity index (χ3v) is 4.75. The summed E-state index contributed by atoms with van der Waals surface area (Å²) in [7, 11) is 1.85. The van der Waals surface area contributed by atoms with Crippen LogP contribution in [0.5, 0.6) is 0 Å². The number of aromatic nitrogens is 2. The minimum atomic E-state index is -0.872. The van der Waals surface area contributed by atoms with Gasteiger partial charge in [0.2, 0.25) is 0 Å². The highest BCUT2D eigenvalue weighted by atomic mass is 16.3. The lowest BCUT2D eigenvalue weighted by molar-refractivity contribution is 0.0989. The van der Waals surface area contributed by atoms with Crippen LogP contribution in [-0.4, -0.2) is 14.9 Å². The second kappa shape index (κ2) is 5.01. The molecule has 2 unspecified atom stereocenters. The molecule has 2 aromatic rings. The number of aliphatic hydroxyl groups excluding tert-OH is 1. The van der Waals surface area contributed by atoms with Crippen LogP contribution >= 0.6 is 0 Å². The summed E-state index contributed by atoms with van der Waals surface area (Å²) in [5, 5.41) is 25.0. The zero-order valence-electron chi connectivity index (χ0n) is 12.4. The van der Waals surface area contributed by atoms with E-state index in [0.717, 1.165) is 29.7 Å². The van der Waals surface area contributed by atoms with Gasteiger partial charge in [-0.15, -0.1) is 0 Å². The molecule has 4 heteroatoms. The SMILES string of the molecule is Cc1c(C(O)C2(C#N)CCCc3ccccc32)cnn1C. The Morgan fingerprint density at radius 3 is 2.86 bits per heavy atom. The van der Waals surface area contributed by atoms with Gasteiger partial charge < -0.3 is 5.11 Å². The van der Waals surface area contributed by atoms with Crippen molar-refractivity contribution in [3.05, 3.63) is 52.8 Å². The summed E-state index contributed by atoms with van der Waals surface area (Å²) < 4.78 is 1.73. The van der Waals surface area contributed by atoms with Crippen LogP contribution in [0.1, 0.15) is 41.3 Å². The number of nitrogens with zero attached hydrogens (tertiary/aromatic N) is 3. The van der Waals surface area contributed by atoms with E-state index in [2.05, 4.69) is 17.2 Å². The highest BCUT2D eigenvalue weighted by Gasteiger charge is 2.44. The fourth-order valence-electron chi connectivity index (χ4n) is 3.38. The number of aliphatic hydroxyl groups is 1. The Morgan fingerprint density at radius 1 is 1.43 bits per heavy atom. The summed E-state index contributed by atoms with van der Waals surface area (Å²) in [6.07, 6.45) is 3.39. The van der Waals surface area contributed by atoms with Crippen molar-refractivity contribution < 1.29 is 5.11 Å². The molecule has 0 saturated carbocycles. The summed E-state index contributed by atoms with van der Waals surface area (Å²) in [6, 6.07) is 10.4. The van der Waals surface area contributed by atoms with Crippen LogP contribution in [0.3, 0.4) is 0 Å². The minimum absolute atomic E-state index is 0.677. The third kappa shape index (κ3) is 1.97. The molecule has 4 nitrogen and oxygen atoms in total. The van der Waals surface area contributed by atoms with E-state index in [4.69, 9.17) is 0 Å². The van der Waals surface area contributed by atoms with Gasteiger partial charge in [0.1, 0.15) is 11.5 Å². The van der Waals surface area contributed by atoms with Crippen LogP contribution in [0.2, 0.25) is 0 Å². The molecule has 1 aliphatic carbocycles. The summed E-state index contributed by atoms with van der Waals surface area (Å²) in [5.74, 6) is 0. The van der Waals surface area contributed by atoms with Crippen molar-refractivity contribution in [2.24, 2.45) is 7.05 Å². The van der Waals surface area contributed by atoms with Gasteiger partial charge >= 0.3 is 0 Å². The first-order valence-corrected chi connectivity index (χ1v) is 7.26. The van der Waals surface area contributed by atoms with Crippen LogP contribution in [0.25, 0.3) is 0 Å². The number of aryl methyl sites for hydroxylation is 2. The Bertz CT molecular complexity index is 713. The van der Waals surface area contributed by atoms with Crippen LogP contribution in [0.15, 0.2) is 30.5 Å². The predicted octanol–water partition coefficient (Wildman–Crippen LogP) is 2.56. The first-order chi connectivity index (χ1) is 10.1. The zero-order chi connectivity index (χ0) is 15.0. The number of fused-ring (bicyclic) bond motifs is 1. The Labute approximate surface area is 124 Å². The molecule has 3 rings (SSSR count). The Kier molecular flexibility index (Phi) is 3.30. The Morgan fingerprint density at radius 2 is 2.19 bits per heavy atom. The van der Waals surface area contributed by atoms with Crippen molar-refractivity contribution in [2.75, 3.05) is 0 Å². The minimum Gasteiger partial charge on any atom is -0.386 e. The summed E-state index contributed by atoms with van der Waals surface area (Å²) in [6.45, 7) is 1.92. The van der Waals surface area contributed by atoms with E-state index in [-0.39, 0.29) is 0 Å². The number of hydrogen-bond acceptors (Lipinski definition) is 3. The normalized spacial score (nSPS) is 22.4. The monoisotopic (exact) mass is 281 g/mol. The lowest BCUT2D eigenvalue weighted by Gasteiger charge is -2.37. The fourth-order valence-corrected chi connectivity index (χ4v) is 3.38. The Balaban J connectivity index is 2.15. The van der Waals surface area contributed by atoms with Crippen LogP contribution in [0.4, 0.5) is 0 Å². The molecular formula is C17H19N3O. The van der Waals surface area contributed by atoms with Gasteiger partial charge in [-0.05, 0) is 37.3 Å². The molecule has 0 spiro atoms. The third-order valence-electron chi connectivity index (χ3n) is 4.75. The maximum absolute atomic E-state index is 11.0. The number of rotatable bonds is 2. The van der Waals surface area contributed by atoms with Crippen LogP contribution in [0, 0.1) is 18.3 Å². The summed E-state index contributed by atoms with van der Waals surface area (Å²) in [5.41, 5.74) is 2.92. The molecule has 1 heterocycles. The molecule has 1 aliphatic rings. The number of nitriles is 1. The van der Waals surface area contributed by atoms with Crippen LogP contribution < -0.4 is 0 Å². The van der Waals surface area contributed by atoms with Gasteiger partial charge in [0.05, 0.1) is 12.3 Å². The van der Waals surface area contributed by atoms with Gasteiger partial charge in [0, 0.05) is 18.3 Å². The van der Waals surface area contributed by atoms with Gasteiger partial charge in [0.15, 0.2) is 0 Å². The van der Waals surface area contributed by atoms with Gasteiger partial charge in [0.25, 0.3) is 0 Å². The molecule has 0 aliphatic heterocycles. The summed E-state index contributed by atoms with van der Waals surface area (Å²) >= 11 is 0. The molecule has 0 amide bonds. The first-order valence-electron chi connectivity index (χ1n) is 7.26. The molecule has 0 saturated heterocycles. The fraction of sp³-hybridized carbons (Fsp3) is 0.412. The zero-order valence-corrected chi connectivity index (χ0v) is 12.4. The molecular weight excluding hydrogens is 262 g/mol. The molecule has 2 atom stereocenters. The molecule has 1 N–H and O–H groups in total. The smallest absolute Gasteiger partial charge is 0.113 e. The van der Waals surface area contributed by atoms with E-state index in [9.17, 15) is 10.4 Å². The van der Waals surface area contributed by atoms with Gasteiger partial charge in [-0.1, -0.05) is 24.3 Å². The van der Waals surface area contributed by atoms with Crippen molar-refractivity contribution in [2.45, 2.75) is 37.7 Å². The molecule has 21 heavy (non-hydrogen) atoms. The van der Waals surface area contributed by atoms with E-state index >= 15 is 0 Å². The van der Waals surface area contributed by atoms with Gasteiger partial charge in [-0.3, -0.25) is 4.68 Å². The van der Waals surface area contributed by atoms with Crippen molar-refractivity contribution >= 4 is 0 Å². The molecule has 1 aromatic heterocycles.